The van der Waals surface area contributed by atoms with Gasteiger partial charge in [0.1, 0.15) is 0 Å². The Kier molecular flexibility index (Phi) is 4.43. The third-order valence-corrected chi connectivity index (χ3v) is 2.47. The lowest BCUT2D eigenvalue weighted by Gasteiger charge is -2.15. The zero-order valence-electron chi connectivity index (χ0n) is 6.86. The van der Waals surface area contributed by atoms with E-state index in [1.54, 1.807) is 11.9 Å². The summed E-state index contributed by atoms with van der Waals surface area (Å²) in [5.41, 5.74) is 5.26. The van der Waals surface area contributed by atoms with E-state index < -0.39 is 10.0 Å². The minimum absolute atomic E-state index is 0.0417. The largest absolute Gasteiger partial charge is 0.376 e. The van der Waals surface area contributed by atoms with E-state index in [1.807, 2.05) is 0 Å². The highest BCUT2D eigenvalue weighted by Crippen LogP contribution is 1.89. The fraction of sp³-hybridized carbons (Fsp3) is 0.800. The van der Waals surface area contributed by atoms with Crippen molar-refractivity contribution in [2.45, 2.75) is 6.42 Å². The second-order valence-corrected chi connectivity index (χ2v) is 4.63. The summed E-state index contributed by atoms with van der Waals surface area (Å²) < 4.78 is 21.0. The van der Waals surface area contributed by atoms with Gasteiger partial charge in [-0.2, -0.15) is 0 Å². The van der Waals surface area contributed by atoms with Crippen molar-refractivity contribution in [3.8, 4) is 0 Å². The second-order valence-electron chi connectivity index (χ2n) is 2.48. The Balaban J connectivity index is 3.65. The van der Waals surface area contributed by atoms with Crippen molar-refractivity contribution < 1.29 is 8.42 Å². The van der Waals surface area contributed by atoms with E-state index in [0.717, 1.165) is 0 Å². The minimum atomic E-state index is -3.36. The summed E-state index contributed by atoms with van der Waals surface area (Å²) in [6.45, 7) is 0.506. The number of nitrogens with two attached hydrogens (primary N) is 2. The smallest absolute Gasteiger partial charge is 0.209 e. The lowest BCUT2D eigenvalue weighted by atomic mass is 10.4. The zero-order chi connectivity index (χ0) is 9.78. The average molecular weight is 211 g/mol. The second kappa shape index (κ2) is 4.58. The first-order valence-electron chi connectivity index (χ1n) is 3.34. The van der Waals surface area contributed by atoms with Crippen LogP contribution in [0.5, 0.6) is 0 Å². The molecule has 0 bridgehead atoms. The SMILES string of the molecule is CN(CCCS(N)(=O)=O)C(N)=S. The quantitative estimate of drug-likeness (QED) is 0.573. The van der Waals surface area contributed by atoms with Crippen molar-refractivity contribution in [3.05, 3.63) is 0 Å². The van der Waals surface area contributed by atoms with Gasteiger partial charge in [0.05, 0.1) is 5.75 Å². The van der Waals surface area contributed by atoms with Gasteiger partial charge in [0, 0.05) is 13.6 Å². The molecular formula is C5H13N3O2S2. The molecule has 0 saturated carbocycles. The summed E-state index contributed by atoms with van der Waals surface area (Å²) in [5.74, 6) is -0.0417. The summed E-state index contributed by atoms with van der Waals surface area (Å²) in [6, 6.07) is 0. The van der Waals surface area contributed by atoms with Gasteiger partial charge in [-0.1, -0.05) is 0 Å². The van der Waals surface area contributed by atoms with Gasteiger partial charge in [0.15, 0.2) is 5.11 Å². The van der Waals surface area contributed by atoms with Crippen molar-refractivity contribution in [1.29, 1.82) is 0 Å². The van der Waals surface area contributed by atoms with Gasteiger partial charge in [-0.05, 0) is 18.6 Å². The van der Waals surface area contributed by atoms with Gasteiger partial charge in [0.2, 0.25) is 10.0 Å². The van der Waals surface area contributed by atoms with Crippen LogP contribution in [-0.4, -0.2) is 37.8 Å². The molecular weight excluding hydrogens is 198 g/mol. The van der Waals surface area contributed by atoms with Gasteiger partial charge in [0.25, 0.3) is 0 Å². The minimum Gasteiger partial charge on any atom is -0.376 e. The van der Waals surface area contributed by atoms with E-state index in [0.29, 0.717) is 13.0 Å². The summed E-state index contributed by atoms with van der Waals surface area (Å²) in [4.78, 5) is 1.60. The molecule has 0 atom stereocenters. The molecule has 0 heterocycles. The summed E-state index contributed by atoms with van der Waals surface area (Å²) in [6.07, 6.45) is 0.437. The number of primary sulfonamides is 1. The Morgan fingerprint density at radius 2 is 2.08 bits per heavy atom. The van der Waals surface area contributed by atoms with E-state index in [9.17, 15) is 8.42 Å². The molecule has 12 heavy (non-hydrogen) atoms. The zero-order valence-corrected chi connectivity index (χ0v) is 8.49. The Hall–Kier alpha value is -0.400. The molecule has 0 saturated heterocycles. The van der Waals surface area contributed by atoms with Crippen LogP contribution >= 0.6 is 12.2 Å². The van der Waals surface area contributed by atoms with Crippen LogP contribution in [0.1, 0.15) is 6.42 Å². The maximum atomic E-state index is 10.5. The standard InChI is InChI=1S/C5H13N3O2S2/c1-8(5(6)11)3-2-4-12(7,9)10/h2-4H2,1H3,(H2,6,11)(H2,7,9,10). The first kappa shape index (κ1) is 11.6. The van der Waals surface area contributed by atoms with Gasteiger partial charge in [-0.15, -0.1) is 0 Å². The molecule has 0 unspecified atom stereocenters. The highest BCUT2D eigenvalue weighted by Gasteiger charge is 2.04. The van der Waals surface area contributed by atoms with Crippen LogP contribution in [0.4, 0.5) is 0 Å². The third-order valence-electron chi connectivity index (χ3n) is 1.30. The fourth-order valence-corrected chi connectivity index (χ4v) is 1.24. The summed E-state index contributed by atoms with van der Waals surface area (Å²) >= 11 is 4.65. The summed E-state index contributed by atoms with van der Waals surface area (Å²) in [7, 11) is -1.66. The van der Waals surface area contributed by atoms with Gasteiger partial charge in [-0.25, -0.2) is 13.6 Å². The van der Waals surface area contributed by atoms with E-state index in [4.69, 9.17) is 10.9 Å². The van der Waals surface area contributed by atoms with E-state index in [1.165, 1.54) is 0 Å². The molecule has 5 nitrogen and oxygen atoms in total. The first-order valence-corrected chi connectivity index (χ1v) is 5.46. The highest BCUT2D eigenvalue weighted by molar-refractivity contribution is 7.89. The molecule has 7 heteroatoms. The van der Waals surface area contributed by atoms with Crippen LogP contribution in [-0.2, 0) is 10.0 Å². The van der Waals surface area contributed by atoms with Crippen LogP contribution in [0.25, 0.3) is 0 Å². The highest BCUT2D eigenvalue weighted by atomic mass is 32.2. The first-order chi connectivity index (χ1) is 5.33. The Morgan fingerprint density at radius 3 is 2.42 bits per heavy atom. The van der Waals surface area contributed by atoms with Crippen LogP contribution in [0, 0.1) is 0 Å². The maximum absolute atomic E-state index is 10.5. The van der Waals surface area contributed by atoms with E-state index in [2.05, 4.69) is 12.2 Å². The predicted octanol–water partition coefficient (Wildman–Crippen LogP) is -1.16. The topological polar surface area (TPSA) is 89.4 Å². The van der Waals surface area contributed by atoms with Crippen LogP contribution in [0.3, 0.4) is 0 Å². The molecule has 0 aliphatic heterocycles. The van der Waals surface area contributed by atoms with E-state index in [-0.39, 0.29) is 10.9 Å². The molecule has 0 amide bonds. The van der Waals surface area contributed by atoms with Crippen molar-refractivity contribution in [3.63, 3.8) is 0 Å². The van der Waals surface area contributed by atoms with E-state index >= 15 is 0 Å². The molecule has 4 N–H and O–H groups in total. The number of hydrogen-bond donors (Lipinski definition) is 2. The van der Waals surface area contributed by atoms with Gasteiger partial charge < -0.3 is 10.6 Å². The van der Waals surface area contributed by atoms with Crippen molar-refractivity contribution in [1.82, 2.24) is 4.90 Å². The predicted molar refractivity (Wildman–Crippen MR) is 52.0 cm³/mol. The van der Waals surface area contributed by atoms with Gasteiger partial charge in [-0.3, -0.25) is 0 Å². The summed E-state index contributed by atoms with van der Waals surface area (Å²) in [5, 5.41) is 5.04. The molecule has 0 rings (SSSR count). The van der Waals surface area contributed by atoms with Gasteiger partial charge >= 0.3 is 0 Å². The third kappa shape index (κ3) is 6.32. The van der Waals surface area contributed by atoms with Crippen LogP contribution < -0.4 is 10.9 Å². The molecule has 0 aliphatic rings. The number of rotatable bonds is 4. The molecule has 0 fully saturated rings. The molecule has 0 spiro atoms. The molecule has 0 aromatic heterocycles. The number of thiocarbonyl (C=S) groups is 1. The lowest BCUT2D eigenvalue weighted by molar-refractivity contribution is 0.501. The Morgan fingerprint density at radius 1 is 1.58 bits per heavy atom. The van der Waals surface area contributed by atoms with Crippen LogP contribution in [0.15, 0.2) is 0 Å². The fourth-order valence-electron chi connectivity index (χ4n) is 0.613. The number of sulfonamides is 1. The van der Waals surface area contributed by atoms with Crippen molar-refractivity contribution in [2.75, 3.05) is 19.3 Å². The van der Waals surface area contributed by atoms with Crippen molar-refractivity contribution >= 4 is 27.4 Å². The monoisotopic (exact) mass is 211 g/mol. The molecule has 0 aromatic carbocycles. The maximum Gasteiger partial charge on any atom is 0.209 e. The Labute approximate surface area is 77.8 Å². The molecule has 0 aliphatic carbocycles. The van der Waals surface area contributed by atoms with Crippen molar-refractivity contribution in [2.24, 2.45) is 10.9 Å². The average Bonchev–Trinajstić information content (AvgIpc) is 1.84. The van der Waals surface area contributed by atoms with Crippen LogP contribution in [0.2, 0.25) is 0 Å². The molecule has 0 aromatic rings. The molecule has 72 valence electrons. The Bertz CT molecular complexity index is 249. The number of nitrogens with zero attached hydrogens (tertiary/aromatic N) is 1. The normalized spacial score (nSPS) is 11.2. The molecule has 0 radical (unpaired) electrons. The lowest BCUT2D eigenvalue weighted by Crippen LogP contribution is -2.33. The number of hydrogen-bond acceptors (Lipinski definition) is 3.